The number of alkyl halides is 3. The average molecular weight is 357 g/mol. The molecule has 0 aromatic heterocycles. The molecule has 1 saturated heterocycles. The molecular formula is C14H22F3NO4S. The van der Waals surface area contributed by atoms with E-state index in [4.69, 9.17) is 4.74 Å². The second-order valence-corrected chi connectivity index (χ2v) is 7.47. The zero-order chi connectivity index (χ0) is 17.1. The van der Waals surface area contributed by atoms with Crippen LogP contribution in [-0.4, -0.2) is 32.8 Å². The maximum atomic E-state index is 12.4. The minimum Gasteiger partial charge on any atom is -0.498 e. The number of ether oxygens (including phenoxy) is 1. The molecule has 3 unspecified atom stereocenters. The highest BCUT2D eigenvalue weighted by Gasteiger charge is 2.49. The Labute approximate surface area is 134 Å². The van der Waals surface area contributed by atoms with Gasteiger partial charge in [-0.1, -0.05) is 13.3 Å². The van der Waals surface area contributed by atoms with Gasteiger partial charge in [0.1, 0.15) is 6.23 Å². The number of rotatable bonds is 6. The number of allylic oxidation sites excluding steroid dienone is 1. The molecule has 5 nitrogen and oxygen atoms in total. The van der Waals surface area contributed by atoms with E-state index in [9.17, 15) is 21.6 Å². The van der Waals surface area contributed by atoms with Crippen LogP contribution in [0.5, 0.6) is 0 Å². The molecule has 0 bridgehead atoms. The van der Waals surface area contributed by atoms with E-state index in [0.717, 1.165) is 25.0 Å². The summed E-state index contributed by atoms with van der Waals surface area (Å²) in [6, 6.07) is -0.0873. The van der Waals surface area contributed by atoms with Crippen molar-refractivity contribution in [3.05, 3.63) is 11.8 Å². The Morgan fingerprint density at radius 2 is 2.09 bits per heavy atom. The van der Waals surface area contributed by atoms with Gasteiger partial charge in [0.25, 0.3) is 0 Å². The third-order valence-electron chi connectivity index (χ3n) is 4.14. The Hall–Kier alpha value is -0.800. The number of nitrogens with one attached hydrogen (secondary N) is 1. The first kappa shape index (κ1) is 18.5. The Bertz CT molecular complexity index is 533. The monoisotopic (exact) mass is 357 g/mol. The molecule has 1 aliphatic carbocycles. The molecular weight excluding hydrogens is 335 g/mol. The molecule has 0 aromatic carbocycles. The smallest absolute Gasteiger partial charge is 0.498 e. The van der Waals surface area contributed by atoms with Crippen LogP contribution < -0.4 is 5.32 Å². The molecule has 134 valence electrons. The van der Waals surface area contributed by atoms with E-state index in [1.54, 1.807) is 0 Å². The predicted molar refractivity (Wildman–Crippen MR) is 77.7 cm³/mol. The molecule has 3 atom stereocenters. The molecule has 1 aliphatic heterocycles. The van der Waals surface area contributed by atoms with Crippen LogP contribution in [0.2, 0.25) is 0 Å². The third-order valence-corrected chi connectivity index (χ3v) is 5.20. The fraction of sp³-hybridized carbons (Fsp3) is 0.857. The lowest BCUT2D eigenvalue weighted by Crippen LogP contribution is -2.51. The van der Waals surface area contributed by atoms with Crippen LogP contribution >= 0.6 is 0 Å². The number of piperidine rings is 1. The van der Waals surface area contributed by atoms with E-state index in [1.165, 1.54) is 0 Å². The van der Waals surface area contributed by atoms with Crippen LogP contribution in [0.15, 0.2) is 11.8 Å². The first-order valence-electron chi connectivity index (χ1n) is 7.80. The van der Waals surface area contributed by atoms with E-state index < -0.39 is 21.9 Å². The third kappa shape index (κ3) is 4.84. The van der Waals surface area contributed by atoms with Crippen LogP contribution in [0.1, 0.15) is 45.4 Å². The molecule has 1 N–H and O–H groups in total. The summed E-state index contributed by atoms with van der Waals surface area (Å²) in [4.78, 5) is 0. The highest BCUT2D eigenvalue weighted by Crippen LogP contribution is 2.34. The standard InChI is InChI=1S/C14H22F3NO4S/c1-2-3-8-21-11-5-6-12-10(9-11)4-7-13(18-12)22-23(19,20)14(15,16)17/h5,10,12-13,18H,2-4,6-9H2,1H3. The van der Waals surface area contributed by atoms with Gasteiger partial charge < -0.3 is 4.74 Å². The lowest BCUT2D eigenvalue weighted by molar-refractivity contribution is -0.0615. The van der Waals surface area contributed by atoms with Crippen molar-refractivity contribution in [2.45, 2.75) is 63.2 Å². The molecule has 0 amide bonds. The van der Waals surface area contributed by atoms with Gasteiger partial charge in [-0.25, -0.2) is 4.18 Å². The van der Waals surface area contributed by atoms with Crippen molar-refractivity contribution in [1.82, 2.24) is 5.32 Å². The average Bonchev–Trinajstić information content (AvgIpc) is 2.46. The topological polar surface area (TPSA) is 64.6 Å². The van der Waals surface area contributed by atoms with Crippen molar-refractivity contribution >= 4 is 10.1 Å². The second kappa shape index (κ2) is 7.40. The van der Waals surface area contributed by atoms with Crippen molar-refractivity contribution in [1.29, 1.82) is 0 Å². The number of halogens is 3. The van der Waals surface area contributed by atoms with E-state index in [-0.39, 0.29) is 18.4 Å². The molecule has 23 heavy (non-hydrogen) atoms. The van der Waals surface area contributed by atoms with E-state index >= 15 is 0 Å². The van der Waals surface area contributed by atoms with Gasteiger partial charge in [0.05, 0.1) is 12.4 Å². The molecule has 0 radical (unpaired) electrons. The summed E-state index contributed by atoms with van der Waals surface area (Å²) < 4.78 is 69.1. The van der Waals surface area contributed by atoms with Crippen molar-refractivity contribution in [3.63, 3.8) is 0 Å². The summed E-state index contributed by atoms with van der Waals surface area (Å²) in [5.41, 5.74) is -5.39. The van der Waals surface area contributed by atoms with E-state index in [0.29, 0.717) is 19.4 Å². The van der Waals surface area contributed by atoms with Gasteiger partial charge in [0.2, 0.25) is 0 Å². The normalized spacial score (nSPS) is 28.9. The van der Waals surface area contributed by atoms with Gasteiger partial charge in [0, 0.05) is 12.5 Å². The summed E-state index contributed by atoms with van der Waals surface area (Å²) in [6.07, 6.45) is 4.97. The number of hydrogen-bond donors (Lipinski definition) is 1. The molecule has 0 saturated carbocycles. The summed E-state index contributed by atoms with van der Waals surface area (Å²) in [7, 11) is -5.56. The lowest BCUT2D eigenvalue weighted by atomic mass is 9.81. The first-order chi connectivity index (χ1) is 10.7. The van der Waals surface area contributed by atoms with Crippen molar-refractivity contribution in [2.24, 2.45) is 5.92 Å². The maximum absolute atomic E-state index is 12.4. The van der Waals surface area contributed by atoms with E-state index in [1.807, 2.05) is 6.08 Å². The van der Waals surface area contributed by atoms with Crippen molar-refractivity contribution in [2.75, 3.05) is 6.61 Å². The summed E-state index contributed by atoms with van der Waals surface area (Å²) in [5, 5.41) is 2.87. The van der Waals surface area contributed by atoms with E-state index in [2.05, 4.69) is 16.4 Å². The summed E-state index contributed by atoms with van der Waals surface area (Å²) in [5.74, 6) is 1.15. The molecule has 9 heteroatoms. The SMILES string of the molecule is CCCCOC1=CCC2NC(OS(=O)(=O)C(F)(F)F)CCC2C1. The molecule has 0 aromatic rings. The Morgan fingerprint density at radius 1 is 1.35 bits per heavy atom. The van der Waals surface area contributed by atoms with Crippen LogP contribution in [-0.2, 0) is 19.0 Å². The molecule has 2 aliphatic rings. The van der Waals surface area contributed by atoms with Gasteiger partial charge >= 0.3 is 15.6 Å². The quantitative estimate of drug-likeness (QED) is 0.450. The fourth-order valence-corrected chi connectivity index (χ4v) is 3.45. The van der Waals surface area contributed by atoms with Gasteiger partial charge in [-0.15, -0.1) is 0 Å². The largest absolute Gasteiger partial charge is 0.523 e. The Balaban J connectivity index is 1.88. The highest BCUT2D eigenvalue weighted by atomic mass is 32.2. The zero-order valence-electron chi connectivity index (χ0n) is 12.9. The van der Waals surface area contributed by atoms with Crippen LogP contribution in [0.25, 0.3) is 0 Å². The molecule has 1 fully saturated rings. The fourth-order valence-electron chi connectivity index (χ4n) is 2.88. The minimum absolute atomic E-state index is 0.0873. The number of fused-ring (bicyclic) bond motifs is 1. The van der Waals surface area contributed by atoms with Crippen molar-refractivity contribution < 1.29 is 30.5 Å². The van der Waals surface area contributed by atoms with Crippen molar-refractivity contribution in [3.8, 4) is 0 Å². The van der Waals surface area contributed by atoms with Gasteiger partial charge in [-0.2, -0.15) is 21.6 Å². The molecule has 2 rings (SSSR count). The van der Waals surface area contributed by atoms with Crippen LogP contribution in [0, 0.1) is 5.92 Å². The first-order valence-corrected chi connectivity index (χ1v) is 9.21. The van der Waals surface area contributed by atoms with Crippen LogP contribution in [0.4, 0.5) is 13.2 Å². The Kier molecular flexibility index (Phi) is 5.96. The van der Waals surface area contributed by atoms with Crippen LogP contribution in [0.3, 0.4) is 0 Å². The van der Waals surface area contributed by atoms with Gasteiger partial charge in [0.15, 0.2) is 0 Å². The number of hydrogen-bond acceptors (Lipinski definition) is 5. The molecule has 1 heterocycles. The van der Waals surface area contributed by atoms with Gasteiger partial charge in [-0.05, 0) is 37.7 Å². The molecule has 0 spiro atoms. The maximum Gasteiger partial charge on any atom is 0.523 e. The van der Waals surface area contributed by atoms with Gasteiger partial charge in [-0.3, -0.25) is 5.32 Å². The Morgan fingerprint density at radius 3 is 2.74 bits per heavy atom. The minimum atomic E-state index is -5.56. The second-order valence-electron chi connectivity index (χ2n) is 5.91. The lowest BCUT2D eigenvalue weighted by Gasteiger charge is -2.39. The zero-order valence-corrected chi connectivity index (χ0v) is 13.8. The predicted octanol–water partition coefficient (Wildman–Crippen LogP) is 3.04. The summed E-state index contributed by atoms with van der Waals surface area (Å²) in [6.45, 7) is 2.75. The summed E-state index contributed by atoms with van der Waals surface area (Å²) >= 11 is 0. The highest BCUT2D eigenvalue weighted by molar-refractivity contribution is 7.87. The number of unbranched alkanes of at least 4 members (excludes halogenated alkanes) is 1.